The first-order chi connectivity index (χ1) is 12.4. The van der Waals surface area contributed by atoms with E-state index in [-0.39, 0.29) is 17.8 Å². The Morgan fingerprint density at radius 1 is 1.23 bits per heavy atom. The van der Waals surface area contributed by atoms with Crippen LogP contribution in [0.1, 0.15) is 12.5 Å². The highest BCUT2D eigenvalue weighted by atomic mass is 16.5. The van der Waals surface area contributed by atoms with Gasteiger partial charge in [-0.25, -0.2) is 4.79 Å². The molecule has 10 nitrogen and oxygen atoms in total. The fourth-order valence-corrected chi connectivity index (χ4v) is 2.29. The van der Waals surface area contributed by atoms with Crippen LogP contribution < -0.4 is 14.2 Å². The van der Waals surface area contributed by atoms with Gasteiger partial charge in [-0.2, -0.15) is 9.97 Å². The summed E-state index contributed by atoms with van der Waals surface area (Å²) in [6, 6.07) is 9.56. The molecule has 0 amide bonds. The molecule has 2 atom stereocenters. The number of carboxylic acids is 1. The Morgan fingerprint density at radius 3 is 2.27 bits per heavy atom. The van der Waals surface area contributed by atoms with Crippen LogP contribution in [-0.4, -0.2) is 41.4 Å². The first-order valence-corrected chi connectivity index (χ1v) is 7.43. The maximum Gasteiger partial charge on any atom is 0.346 e. The molecule has 0 saturated heterocycles. The van der Waals surface area contributed by atoms with E-state index in [4.69, 9.17) is 19.7 Å². The lowest BCUT2D eigenvalue weighted by atomic mass is 9.87. The normalized spacial score (nSPS) is 13.7. The van der Waals surface area contributed by atoms with Gasteiger partial charge in [0, 0.05) is 4.91 Å². The van der Waals surface area contributed by atoms with E-state index >= 15 is 0 Å². The van der Waals surface area contributed by atoms with Crippen molar-refractivity contribution >= 4 is 5.97 Å². The van der Waals surface area contributed by atoms with Crippen LogP contribution in [0, 0.1) is 0 Å². The van der Waals surface area contributed by atoms with Crippen molar-refractivity contribution in [3.05, 3.63) is 52.4 Å². The second-order valence-electron chi connectivity index (χ2n) is 5.27. The lowest BCUT2D eigenvalue weighted by Crippen LogP contribution is -2.45. The van der Waals surface area contributed by atoms with Crippen LogP contribution in [0.25, 0.3) is 10.4 Å². The third-order valence-electron chi connectivity index (χ3n) is 3.65. The van der Waals surface area contributed by atoms with Gasteiger partial charge in [0.15, 0.2) is 0 Å². The molecule has 0 aliphatic heterocycles. The number of carboxylic acid groups (broad SMARTS) is 1. The molecule has 0 radical (unpaired) electrons. The summed E-state index contributed by atoms with van der Waals surface area (Å²) < 4.78 is 15.5. The van der Waals surface area contributed by atoms with Gasteiger partial charge in [-0.3, -0.25) is 0 Å². The van der Waals surface area contributed by atoms with Gasteiger partial charge in [0.2, 0.25) is 17.9 Å². The highest BCUT2D eigenvalue weighted by molar-refractivity contribution is 5.75. The Labute approximate surface area is 149 Å². The van der Waals surface area contributed by atoms with Crippen LogP contribution in [0.2, 0.25) is 0 Å². The quantitative estimate of drug-likeness (QED) is 0.434. The summed E-state index contributed by atoms with van der Waals surface area (Å²) in [5.74, 6) is -1.10. The van der Waals surface area contributed by atoms with Gasteiger partial charge in [0.05, 0.1) is 20.3 Å². The fraction of sp³-hybridized carbons (Fsp3) is 0.312. The average molecular weight is 359 g/mol. The Kier molecular flexibility index (Phi) is 5.82. The molecule has 1 N–H and O–H groups in total. The number of nitrogens with zero attached hydrogens (tertiary/aromatic N) is 5. The third kappa shape index (κ3) is 3.93. The highest BCUT2D eigenvalue weighted by Crippen LogP contribution is 2.33. The zero-order chi connectivity index (χ0) is 19.2. The SMILES string of the molecule is COc1cc(OC)nc(OC(C(=O)O)C(C)(N=[N+]=[N-])c2ccccc2)n1. The van der Waals surface area contributed by atoms with Gasteiger partial charge in [0.25, 0.3) is 0 Å². The number of aromatic nitrogens is 2. The molecule has 2 aromatic rings. The molecule has 1 heterocycles. The Bertz CT molecular complexity index is 803. The predicted molar refractivity (Wildman–Crippen MR) is 90.1 cm³/mol. The Balaban J connectivity index is 2.51. The number of ether oxygens (including phenoxy) is 3. The van der Waals surface area contributed by atoms with Gasteiger partial charge >= 0.3 is 12.0 Å². The summed E-state index contributed by atoms with van der Waals surface area (Å²) in [7, 11) is 2.77. The topological polar surface area (TPSA) is 140 Å². The minimum atomic E-state index is -1.60. The van der Waals surface area contributed by atoms with E-state index in [0.29, 0.717) is 5.56 Å². The second kappa shape index (κ2) is 8.04. The van der Waals surface area contributed by atoms with Gasteiger partial charge in [-0.1, -0.05) is 35.4 Å². The molecule has 0 fully saturated rings. The number of benzene rings is 1. The standard InChI is InChI=1S/C16H17N5O5/c1-16(20-21-17,10-7-5-4-6-8-10)13(14(22)23)26-15-18-11(24-2)9-12(19-15)25-3/h4-9,13H,1-3H3,(H,22,23). The van der Waals surface area contributed by atoms with Crippen LogP contribution in [0.15, 0.2) is 41.5 Å². The summed E-state index contributed by atoms with van der Waals surface area (Å²) in [5.41, 5.74) is 7.87. The van der Waals surface area contributed by atoms with E-state index < -0.39 is 17.6 Å². The molecule has 0 saturated carbocycles. The molecule has 0 bridgehead atoms. The minimum Gasteiger partial charge on any atom is -0.481 e. The number of azide groups is 1. The molecule has 136 valence electrons. The second-order valence-corrected chi connectivity index (χ2v) is 5.27. The molecule has 0 aliphatic carbocycles. The molecule has 1 aromatic heterocycles. The smallest absolute Gasteiger partial charge is 0.346 e. The van der Waals surface area contributed by atoms with Gasteiger partial charge in [-0.05, 0) is 18.0 Å². The molecular weight excluding hydrogens is 342 g/mol. The van der Waals surface area contributed by atoms with Crippen LogP contribution in [-0.2, 0) is 10.3 Å². The van der Waals surface area contributed by atoms with Crippen LogP contribution >= 0.6 is 0 Å². The number of hydrogen-bond acceptors (Lipinski definition) is 7. The van der Waals surface area contributed by atoms with E-state index in [1.54, 1.807) is 30.3 Å². The van der Waals surface area contributed by atoms with E-state index in [1.165, 1.54) is 27.2 Å². The van der Waals surface area contributed by atoms with Crippen molar-refractivity contribution in [1.82, 2.24) is 9.97 Å². The first kappa shape index (κ1) is 18.8. The summed E-state index contributed by atoms with van der Waals surface area (Å²) in [4.78, 5) is 22.6. The van der Waals surface area contributed by atoms with E-state index in [2.05, 4.69) is 20.0 Å². The number of rotatable bonds is 8. The first-order valence-electron chi connectivity index (χ1n) is 7.43. The monoisotopic (exact) mass is 359 g/mol. The lowest BCUT2D eigenvalue weighted by molar-refractivity contribution is -0.148. The zero-order valence-corrected chi connectivity index (χ0v) is 14.4. The molecule has 2 unspecified atom stereocenters. The maximum absolute atomic E-state index is 11.9. The summed E-state index contributed by atoms with van der Waals surface area (Å²) in [6.45, 7) is 1.46. The van der Waals surface area contributed by atoms with Crippen molar-refractivity contribution < 1.29 is 24.1 Å². The Hall–Kier alpha value is -3.52. The lowest BCUT2D eigenvalue weighted by Gasteiger charge is -2.30. The number of aliphatic carboxylic acids is 1. The van der Waals surface area contributed by atoms with Crippen molar-refractivity contribution in [1.29, 1.82) is 0 Å². The van der Waals surface area contributed by atoms with Crippen molar-refractivity contribution in [3.8, 4) is 17.8 Å². The maximum atomic E-state index is 11.9. The molecular formula is C16H17N5O5. The zero-order valence-electron chi connectivity index (χ0n) is 14.4. The van der Waals surface area contributed by atoms with Crippen LogP contribution in [0.5, 0.6) is 17.8 Å². The minimum absolute atomic E-state index is 0.126. The highest BCUT2D eigenvalue weighted by Gasteiger charge is 2.43. The van der Waals surface area contributed by atoms with E-state index in [0.717, 1.165) is 0 Å². The van der Waals surface area contributed by atoms with Crippen molar-refractivity contribution in [2.75, 3.05) is 14.2 Å². The molecule has 26 heavy (non-hydrogen) atoms. The van der Waals surface area contributed by atoms with Gasteiger partial charge in [0.1, 0.15) is 5.54 Å². The van der Waals surface area contributed by atoms with E-state index in [9.17, 15) is 9.90 Å². The van der Waals surface area contributed by atoms with Gasteiger partial charge < -0.3 is 19.3 Å². The van der Waals surface area contributed by atoms with Crippen molar-refractivity contribution in [2.24, 2.45) is 5.11 Å². The van der Waals surface area contributed by atoms with Crippen LogP contribution in [0.4, 0.5) is 0 Å². The summed E-state index contributed by atoms with van der Waals surface area (Å²) in [6.07, 6.45) is -1.60. The summed E-state index contributed by atoms with van der Waals surface area (Å²) >= 11 is 0. The van der Waals surface area contributed by atoms with Gasteiger partial charge in [-0.15, -0.1) is 0 Å². The average Bonchev–Trinajstić information content (AvgIpc) is 2.66. The molecule has 2 rings (SSSR count). The van der Waals surface area contributed by atoms with Crippen molar-refractivity contribution in [2.45, 2.75) is 18.6 Å². The Morgan fingerprint density at radius 2 is 1.81 bits per heavy atom. The molecule has 0 aliphatic rings. The van der Waals surface area contributed by atoms with E-state index in [1.807, 2.05) is 0 Å². The van der Waals surface area contributed by atoms with Crippen LogP contribution in [0.3, 0.4) is 0 Å². The predicted octanol–water partition coefficient (Wildman–Crippen LogP) is 2.55. The third-order valence-corrected chi connectivity index (χ3v) is 3.65. The largest absolute Gasteiger partial charge is 0.481 e. The fourth-order valence-electron chi connectivity index (χ4n) is 2.29. The van der Waals surface area contributed by atoms with Crippen molar-refractivity contribution in [3.63, 3.8) is 0 Å². The number of methoxy groups -OCH3 is 2. The summed E-state index contributed by atoms with van der Waals surface area (Å²) in [5, 5.41) is 13.4. The number of carbonyl (C=O) groups is 1. The molecule has 10 heteroatoms. The molecule has 1 aromatic carbocycles. The molecule has 0 spiro atoms. The number of hydrogen-bond donors (Lipinski definition) is 1.